The molecular weight excluding hydrogens is 479 g/mol. The van der Waals surface area contributed by atoms with E-state index in [4.69, 9.17) is 18.9 Å². The molecule has 12 heteroatoms. The van der Waals surface area contributed by atoms with E-state index in [-0.39, 0.29) is 43.2 Å². The lowest BCUT2D eigenvalue weighted by molar-refractivity contribution is -0.152. The van der Waals surface area contributed by atoms with Crippen molar-refractivity contribution < 1.29 is 37.7 Å². The Morgan fingerprint density at radius 1 is 1.25 bits per heavy atom. The van der Waals surface area contributed by atoms with Gasteiger partial charge in [-0.05, 0) is 38.2 Å². The molecule has 3 aliphatic rings. The van der Waals surface area contributed by atoms with Gasteiger partial charge in [-0.25, -0.2) is 9.59 Å². The fourth-order valence-electron chi connectivity index (χ4n) is 4.49. The molecule has 0 saturated carbocycles. The van der Waals surface area contributed by atoms with Gasteiger partial charge in [0.1, 0.15) is 18.8 Å². The number of hydrogen-bond donors (Lipinski definition) is 1. The maximum absolute atomic E-state index is 13.3. The molecule has 0 spiro atoms. The Morgan fingerprint density at radius 3 is 2.72 bits per heavy atom. The van der Waals surface area contributed by atoms with Crippen molar-refractivity contribution in [3.63, 3.8) is 0 Å². The molecule has 0 aromatic carbocycles. The summed E-state index contributed by atoms with van der Waals surface area (Å²) in [6.45, 7) is 5.29. The first-order valence-corrected chi connectivity index (χ1v) is 11.6. The molecule has 0 unspecified atom stereocenters. The van der Waals surface area contributed by atoms with E-state index in [1.165, 1.54) is 0 Å². The van der Waals surface area contributed by atoms with Crippen molar-refractivity contribution in [3.8, 4) is 0 Å². The Balaban J connectivity index is 1.24. The van der Waals surface area contributed by atoms with Gasteiger partial charge < -0.3 is 18.9 Å². The van der Waals surface area contributed by atoms with Crippen LogP contribution in [-0.4, -0.2) is 51.9 Å². The normalized spacial score (nSPS) is 28.7. The lowest BCUT2D eigenvalue weighted by atomic mass is 9.84. The summed E-state index contributed by atoms with van der Waals surface area (Å²) in [4.78, 5) is 60.4. The second-order valence-corrected chi connectivity index (χ2v) is 9.30. The van der Waals surface area contributed by atoms with E-state index in [0.717, 1.165) is 12.0 Å². The molecule has 194 valence electrons. The Bertz CT molecular complexity index is 1230. The van der Waals surface area contributed by atoms with Gasteiger partial charge in [0.05, 0.1) is 24.6 Å². The Hall–Kier alpha value is -3.54. The van der Waals surface area contributed by atoms with Crippen molar-refractivity contribution in [3.05, 3.63) is 56.7 Å². The van der Waals surface area contributed by atoms with Crippen LogP contribution in [0.4, 0.5) is 4.39 Å². The second-order valence-electron chi connectivity index (χ2n) is 9.30. The SMILES string of the molecule is C=C1C(=O)O[C@H]2[C@H]1CC/C(COC(=O)CCC(=O)OCn1cc(F)c(=O)[nH]c1=O)=C\CC[C@@]1(C)O[C@@H]21. The van der Waals surface area contributed by atoms with Crippen LogP contribution >= 0.6 is 0 Å². The van der Waals surface area contributed by atoms with Gasteiger partial charge in [-0.15, -0.1) is 0 Å². The molecule has 3 heterocycles. The van der Waals surface area contributed by atoms with Crippen molar-refractivity contribution in [1.82, 2.24) is 9.55 Å². The highest BCUT2D eigenvalue weighted by Gasteiger charge is 2.61. The van der Waals surface area contributed by atoms with Crippen molar-refractivity contribution in [1.29, 1.82) is 0 Å². The third-order valence-electron chi connectivity index (χ3n) is 6.72. The minimum atomic E-state index is -1.20. The summed E-state index contributed by atoms with van der Waals surface area (Å²) in [5.74, 6) is -3.18. The first-order valence-electron chi connectivity index (χ1n) is 11.6. The van der Waals surface area contributed by atoms with E-state index in [0.29, 0.717) is 35.6 Å². The first kappa shape index (κ1) is 25.5. The van der Waals surface area contributed by atoms with Crippen LogP contribution in [0.3, 0.4) is 0 Å². The molecule has 1 aromatic heterocycles. The smallest absolute Gasteiger partial charge is 0.334 e. The number of rotatable bonds is 7. The zero-order valence-corrected chi connectivity index (χ0v) is 19.8. The summed E-state index contributed by atoms with van der Waals surface area (Å²) in [6, 6.07) is 0. The van der Waals surface area contributed by atoms with Crippen molar-refractivity contribution >= 4 is 17.9 Å². The standard InChI is InChI=1S/C24H27FN2O9/c1-13-15-6-5-14(4-3-9-24(2)20(36-24)19(15)35-22(13)31)11-33-17(28)7-8-18(29)34-12-27-10-16(25)21(30)26-23(27)32/h4,10,15,19-20H,1,3,5-9,11-12H2,2H3,(H,26,30,32)/b14-4+/t15-,19-,20-,24+/m0/s1. The Kier molecular flexibility index (Phi) is 7.25. The van der Waals surface area contributed by atoms with Crippen LogP contribution in [0.1, 0.15) is 45.4 Å². The van der Waals surface area contributed by atoms with Gasteiger partial charge in [0.15, 0.2) is 6.73 Å². The van der Waals surface area contributed by atoms with Crippen molar-refractivity contribution in [2.75, 3.05) is 6.61 Å². The van der Waals surface area contributed by atoms with Crippen molar-refractivity contribution in [2.24, 2.45) is 5.92 Å². The van der Waals surface area contributed by atoms with Crippen LogP contribution in [-0.2, 0) is 40.1 Å². The number of carbonyl (C=O) groups is 3. The molecule has 11 nitrogen and oxygen atoms in total. The van der Waals surface area contributed by atoms with E-state index >= 15 is 0 Å². The van der Waals surface area contributed by atoms with E-state index in [1.54, 1.807) is 4.98 Å². The van der Waals surface area contributed by atoms with Gasteiger partial charge >= 0.3 is 23.6 Å². The topological polar surface area (TPSA) is 146 Å². The summed E-state index contributed by atoms with van der Waals surface area (Å²) < 4.78 is 35.5. The summed E-state index contributed by atoms with van der Waals surface area (Å²) in [5.41, 5.74) is -1.16. The molecule has 4 atom stereocenters. The fraction of sp³-hybridized carbons (Fsp3) is 0.542. The number of ether oxygens (including phenoxy) is 4. The van der Waals surface area contributed by atoms with Gasteiger partial charge in [-0.1, -0.05) is 12.7 Å². The number of nitrogens with one attached hydrogen (secondary N) is 1. The Morgan fingerprint density at radius 2 is 1.97 bits per heavy atom. The average Bonchev–Trinajstić information content (AvgIpc) is 3.42. The summed E-state index contributed by atoms with van der Waals surface area (Å²) in [5, 5.41) is 0. The third kappa shape index (κ3) is 5.64. The number of H-pyrrole nitrogens is 1. The largest absolute Gasteiger partial charge is 0.461 e. The number of carbonyl (C=O) groups excluding carboxylic acids is 3. The van der Waals surface area contributed by atoms with Crippen LogP contribution in [0.15, 0.2) is 39.6 Å². The highest BCUT2D eigenvalue weighted by atomic mass is 19.1. The van der Waals surface area contributed by atoms with Crippen LogP contribution in [0.5, 0.6) is 0 Å². The molecule has 0 amide bonds. The first-order chi connectivity index (χ1) is 17.1. The highest BCUT2D eigenvalue weighted by Crippen LogP contribution is 2.49. The van der Waals surface area contributed by atoms with Gasteiger partial charge in [0.25, 0.3) is 5.56 Å². The highest BCUT2D eigenvalue weighted by molar-refractivity contribution is 5.91. The van der Waals surface area contributed by atoms with E-state index in [9.17, 15) is 28.4 Å². The van der Waals surface area contributed by atoms with E-state index in [2.05, 4.69) is 6.58 Å². The molecule has 1 aliphatic carbocycles. The third-order valence-corrected chi connectivity index (χ3v) is 6.72. The minimum absolute atomic E-state index is 0.0413. The predicted octanol–water partition coefficient (Wildman–Crippen LogP) is 1.26. The number of epoxide rings is 1. The summed E-state index contributed by atoms with van der Waals surface area (Å²) >= 11 is 0. The number of halogens is 1. The quantitative estimate of drug-likeness (QED) is 0.190. The predicted molar refractivity (Wildman–Crippen MR) is 120 cm³/mol. The number of aromatic amines is 1. The molecule has 0 radical (unpaired) electrons. The zero-order chi connectivity index (χ0) is 26.0. The number of aromatic nitrogens is 2. The molecule has 2 saturated heterocycles. The number of hydrogen-bond acceptors (Lipinski definition) is 9. The monoisotopic (exact) mass is 506 g/mol. The molecule has 1 N–H and O–H groups in total. The van der Waals surface area contributed by atoms with E-state index < -0.39 is 41.7 Å². The van der Waals surface area contributed by atoms with Crippen LogP contribution in [0, 0.1) is 11.7 Å². The Labute approximate surface area is 204 Å². The van der Waals surface area contributed by atoms with Gasteiger partial charge in [0.2, 0.25) is 5.82 Å². The summed E-state index contributed by atoms with van der Waals surface area (Å²) in [6.07, 6.45) is 4.21. The van der Waals surface area contributed by atoms with Crippen LogP contribution in [0.25, 0.3) is 0 Å². The molecule has 2 aliphatic heterocycles. The second kappa shape index (κ2) is 10.2. The molecule has 2 fully saturated rings. The fourth-order valence-corrected chi connectivity index (χ4v) is 4.49. The summed E-state index contributed by atoms with van der Waals surface area (Å²) in [7, 11) is 0. The molecule has 36 heavy (non-hydrogen) atoms. The number of esters is 3. The van der Waals surface area contributed by atoms with Gasteiger partial charge in [-0.3, -0.25) is 23.9 Å². The van der Waals surface area contributed by atoms with Crippen molar-refractivity contribution in [2.45, 2.75) is 70.0 Å². The number of fused-ring (bicyclic) bond motifs is 3. The zero-order valence-electron chi connectivity index (χ0n) is 19.8. The van der Waals surface area contributed by atoms with Crippen LogP contribution < -0.4 is 11.2 Å². The van der Waals surface area contributed by atoms with Gasteiger partial charge in [-0.2, -0.15) is 4.39 Å². The van der Waals surface area contributed by atoms with Gasteiger partial charge in [0, 0.05) is 11.5 Å². The van der Waals surface area contributed by atoms with Crippen LogP contribution in [0.2, 0.25) is 0 Å². The lowest BCUT2D eigenvalue weighted by Crippen LogP contribution is -2.32. The molecule has 1 aromatic rings. The lowest BCUT2D eigenvalue weighted by Gasteiger charge is -2.20. The average molecular weight is 506 g/mol. The number of allylic oxidation sites excluding steroid dienone is 1. The maximum atomic E-state index is 13.3. The molecular formula is C24H27FN2O9. The van der Waals surface area contributed by atoms with E-state index in [1.807, 2.05) is 13.0 Å². The minimum Gasteiger partial charge on any atom is -0.461 e. The number of nitrogens with zero attached hydrogens (tertiary/aromatic N) is 1. The molecule has 4 rings (SSSR count). The maximum Gasteiger partial charge on any atom is 0.334 e. The molecule has 0 bridgehead atoms.